The van der Waals surface area contributed by atoms with Crippen LogP contribution in [0.3, 0.4) is 0 Å². The molecule has 0 amide bonds. The van der Waals surface area contributed by atoms with Crippen molar-refractivity contribution in [3.05, 3.63) is 27.4 Å². The second-order valence-electron chi connectivity index (χ2n) is 2.79. The van der Waals surface area contributed by atoms with E-state index in [4.69, 9.17) is 27.0 Å². The third kappa shape index (κ3) is 4.45. The van der Waals surface area contributed by atoms with Crippen LogP contribution in [0, 0.1) is 5.82 Å². The van der Waals surface area contributed by atoms with Gasteiger partial charge in [-0.25, -0.2) is 12.8 Å². The largest absolute Gasteiger partial charge is 0.491 e. The van der Waals surface area contributed by atoms with Crippen molar-refractivity contribution in [1.82, 2.24) is 0 Å². The highest BCUT2D eigenvalue weighted by atomic mass is 79.9. The third-order valence-electron chi connectivity index (χ3n) is 1.56. The summed E-state index contributed by atoms with van der Waals surface area (Å²) < 4.78 is 39.5. The topological polar surface area (TPSA) is 43.4 Å². The van der Waals surface area contributed by atoms with Gasteiger partial charge in [-0.3, -0.25) is 0 Å². The summed E-state index contributed by atoms with van der Waals surface area (Å²) in [6.45, 7) is -0.188. The second-order valence-corrected chi connectivity index (χ2v) is 6.95. The van der Waals surface area contributed by atoms with E-state index >= 15 is 0 Å². The van der Waals surface area contributed by atoms with E-state index in [0.717, 1.165) is 6.07 Å². The predicted molar refractivity (Wildman–Crippen MR) is 64.2 cm³/mol. The summed E-state index contributed by atoms with van der Waals surface area (Å²) in [4.78, 5) is 0. The van der Waals surface area contributed by atoms with Gasteiger partial charge in [-0.15, -0.1) is 0 Å². The Hall–Kier alpha value is -0.0400. The van der Waals surface area contributed by atoms with E-state index < -0.39 is 14.9 Å². The number of rotatable bonds is 4. The molecular formula is C8H6BrCl2FO3S. The first-order valence-electron chi connectivity index (χ1n) is 3.99. The van der Waals surface area contributed by atoms with E-state index in [9.17, 15) is 12.8 Å². The van der Waals surface area contributed by atoms with E-state index in [1.165, 1.54) is 6.07 Å². The average Bonchev–Trinajstić information content (AvgIpc) is 2.11. The molecule has 0 saturated heterocycles. The van der Waals surface area contributed by atoms with Gasteiger partial charge in [0.05, 0.1) is 15.2 Å². The number of hydrogen-bond donors (Lipinski definition) is 0. The molecule has 0 heterocycles. The van der Waals surface area contributed by atoms with Gasteiger partial charge in [0.1, 0.15) is 18.2 Å². The lowest BCUT2D eigenvalue weighted by Crippen LogP contribution is -2.09. The molecule has 0 unspecified atom stereocenters. The normalized spacial score (nSPS) is 11.5. The molecule has 0 spiro atoms. The summed E-state index contributed by atoms with van der Waals surface area (Å²) in [7, 11) is 1.35. The van der Waals surface area contributed by atoms with Crippen LogP contribution < -0.4 is 4.74 Å². The van der Waals surface area contributed by atoms with Gasteiger partial charge in [0.2, 0.25) is 9.05 Å². The van der Waals surface area contributed by atoms with Crippen LogP contribution in [-0.4, -0.2) is 20.8 Å². The van der Waals surface area contributed by atoms with E-state index in [1.807, 2.05) is 0 Å². The highest BCUT2D eigenvalue weighted by Gasteiger charge is 2.10. The van der Waals surface area contributed by atoms with E-state index in [1.54, 1.807) is 0 Å². The monoisotopic (exact) mass is 350 g/mol. The zero-order valence-corrected chi connectivity index (χ0v) is 11.6. The van der Waals surface area contributed by atoms with Gasteiger partial charge < -0.3 is 4.74 Å². The lowest BCUT2D eigenvalue weighted by Gasteiger charge is -2.07. The number of benzene rings is 1. The van der Waals surface area contributed by atoms with Gasteiger partial charge >= 0.3 is 0 Å². The van der Waals surface area contributed by atoms with Crippen molar-refractivity contribution < 1.29 is 17.5 Å². The second kappa shape index (κ2) is 5.53. The molecule has 8 heteroatoms. The molecule has 0 bridgehead atoms. The molecule has 3 nitrogen and oxygen atoms in total. The molecule has 0 aromatic heterocycles. The standard InChI is InChI=1S/C8H6BrCl2FO3S/c9-5-3-6(10)8(4-7(5)12)15-1-2-16(11,13)14/h3-4H,1-2H2. The fraction of sp³-hybridized carbons (Fsp3) is 0.250. The average molecular weight is 352 g/mol. The van der Waals surface area contributed by atoms with E-state index in [-0.39, 0.29) is 27.6 Å². The highest BCUT2D eigenvalue weighted by molar-refractivity contribution is 9.10. The van der Waals surface area contributed by atoms with Crippen molar-refractivity contribution in [2.45, 2.75) is 0 Å². The van der Waals surface area contributed by atoms with Gasteiger partial charge in [0, 0.05) is 16.7 Å². The third-order valence-corrected chi connectivity index (χ3v) is 3.58. The molecule has 0 aliphatic heterocycles. The maximum absolute atomic E-state index is 13.1. The smallest absolute Gasteiger partial charge is 0.235 e. The van der Waals surface area contributed by atoms with Crippen molar-refractivity contribution in [2.75, 3.05) is 12.4 Å². The molecule has 0 aliphatic carbocycles. The summed E-state index contributed by atoms with van der Waals surface area (Å²) in [5, 5.41) is 0.181. The van der Waals surface area contributed by atoms with Crippen LogP contribution in [0.25, 0.3) is 0 Å². The van der Waals surface area contributed by atoms with Gasteiger partial charge in [-0.2, -0.15) is 0 Å². The number of halogens is 4. The molecule has 1 aromatic rings. The molecule has 1 aromatic carbocycles. The fourth-order valence-corrected chi connectivity index (χ4v) is 2.03. The van der Waals surface area contributed by atoms with Gasteiger partial charge in [-0.05, 0) is 22.0 Å². The van der Waals surface area contributed by atoms with Crippen molar-refractivity contribution >= 4 is 47.3 Å². The van der Waals surface area contributed by atoms with Gasteiger partial charge in [-0.1, -0.05) is 11.6 Å². The van der Waals surface area contributed by atoms with Crippen LogP contribution in [0.5, 0.6) is 5.75 Å². The van der Waals surface area contributed by atoms with E-state index in [2.05, 4.69) is 15.9 Å². The Labute approximate surface area is 110 Å². The maximum Gasteiger partial charge on any atom is 0.235 e. The van der Waals surface area contributed by atoms with Crippen LogP contribution in [0.15, 0.2) is 16.6 Å². The predicted octanol–water partition coefficient (Wildman–Crippen LogP) is 3.19. The van der Waals surface area contributed by atoms with Crippen molar-refractivity contribution in [1.29, 1.82) is 0 Å². The summed E-state index contributed by atoms with van der Waals surface area (Å²) in [6.07, 6.45) is 0. The Morgan fingerprint density at radius 2 is 2.06 bits per heavy atom. The van der Waals surface area contributed by atoms with Crippen LogP contribution >= 0.6 is 38.2 Å². The van der Waals surface area contributed by atoms with Gasteiger partial charge in [0.25, 0.3) is 0 Å². The SMILES string of the molecule is O=S(=O)(Cl)CCOc1cc(F)c(Br)cc1Cl. The van der Waals surface area contributed by atoms with Crippen LogP contribution in [0.2, 0.25) is 5.02 Å². The Bertz CT molecular complexity index is 492. The Morgan fingerprint density at radius 1 is 1.44 bits per heavy atom. The summed E-state index contributed by atoms with van der Waals surface area (Å²) in [5.41, 5.74) is 0. The van der Waals surface area contributed by atoms with Crippen LogP contribution in [0.1, 0.15) is 0 Å². The van der Waals surface area contributed by atoms with Crippen LogP contribution in [0.4, 0.5) is 4.39 Å². The molecule has 90 valence electrons. The maximum atomic E-state index is 13.1. The zero-order chi connectivity index (χ0) is 12.3. The van der Waals surface area contributed by atoms with Crippen molar-refractivity contribution in [3.8, 4) is 5.75 Å². The minimum Gasteiger partial charge on any atom is -0.491 e. The molecule has 0 saturated carbocycles. The molecule has 0 atom stereocenters. The molecule has 0 aliphatic rings. The Kier molecular flexibility index (Phi) is 4.85. The number of ether oxygens (including phenoxy) is 1. The summed E-state index contributed by atoms with van der Waals surface area (Å²) in [5.74, 6) is -0.849. The van der Waals surface area contributed by atoms with Gasteiger partial charge in [0.15, 0.2) is 0 Å². The number of hydrogen-bond acceptors (Lipinski definition) is 3. The van der Waals surface area contributed by atoms with E-state index in [0.29, 0.717) is 0 Å². The van der Waals surface area contributed by atoms with Crippen LogP contribution in [-0.2, 0) is 9.05 Å². The first kappa shape index (κ1) is 14.0. The molecule has 16 heavy (non-hydrogen) atoms. The molecule has 0 N–H and O–H groups in total. The summed E-state index contributed by atoms with van der Waals surface area (Å²) >= 11 is 8.70. The molecule has 0 fully saturated rings. The lowest BCUT2D eigenvalue weighted by molar-refractivity contribution is 0.339. The quantitative estimate of drug-likeness (QED) is 0.618. The first-order chi connectivity index (χ1) is 7.29. The summed E-state index contributed by atoms with van der Waals surface area (Å²) in [6, 6.07) is 2.38. The molecular weight excluding hydrogens is 346 g/mol. The first-order valence-corrected chi connectivity index (χ1v) is 7.64. The van der Waals surface area contributed by atoms with Crippen molar-refractivity contribution in [2.24, 2.45) is 0 Å². The Morgan fingerprint density at radius 3 is 2.62 bits per heavy atom. The minimum absolute atomic E-state index is 0.0719. The lowest BCUT2D eigenvalue weighted by atomic mass is 10.3. The molecule has 0 radical (unpaired) electrons. The highest BCUT2D eigenvalue weighted by Crippen LogP contribution is 2.30. The zero-order valence-electron chi connectivity index (χ0n) is 7.71. The molecule has 1 rings (SSSR count). The Balaban J connectivity index is 2.71. The van der Waals surface area contributed by atoms with Crippen molar-refractivity contribution in [3.63, 3.8) is 0 Å². The fourth-order valence-electron chi connectivity index (χ4n) is 0.866. The minimum atomic E-state index is -3.62.